The quantitative estimate of drug-likeness (QED) is 0.581. The van der Waals surface area contributed by atoms with Gasteiger partial charge in [0.25, 0.3) is 0 Å². The van der Waals surface area contributed by atoms with Gasteiger partial charge in [-0.15, -0.1) is 0 Å². The van der Waals surface area contributed by atoms with Crippen LogP contribution in [0.3, 0.4) is 0 Å². The van der Waals surface area contributed by atoms with Crippen molar-refractivity contribution in [2.75, 3.05) is 17.6 Å². The first kappa shape index (κ1) is 20.0. The number of carbonyl (C=O) groups excluding carboxylic acids is 2. The smallest absolute Gasteiger partial charge is 0.240 e. The van der Waals surface area contributed by atoms with Gasteiger partial charge < -0.3 is 20.3 Å². The molecular formula is C18H24N4O3S. The summed E-state index contributed by atoms with van der Waals surface area (Å²) >= 11 is 1.23. The average Bonchev–Trinajstić information content (AvgIpc) is 3.01. The molecular weight excluding hydrogens is 352 g/mol. The van der Waals surface area contributed by atoms with E-state index in [1.54, 1.807) is 4.57 Å². The highest BCUT2D eigenvalue weighted by Crippen LogP contribution is 2.20. The van der Waals surface area contributed by atoms with Gasteiger partial charge in [-0.2, -0.15) is 0 Å². The number of benzene rings is 1. The van der Waals surface area contributed by atoms with E-state index in [1.807, 2.05) is 38.1 Å². The van der Waals surface area contributed by atoms with Crippen molar-refractivity contribution in [2.24, 2.45) is 0 Å². The van der Waals surface area contributed by atoms with Gasteiger partial charge in [0.05, 0.1) is 24.3 Å². The summed E-state index contributed by atoms with van der Waals surface area (Å²) in [6, 6.07) is 7.56. The predicted octanol–water partition coefficient (Wildman–Crippen LogP) is 1.94. The molecule has 0 spiro atoms. The van der Waals surface area contributed by atoms with Gasteiger partial charge in [0.1, 0.15) is 6.54 Å². The number of rotatable bonds is 9. The lowest BCUT2D eigenvalue weighted by molar-refractivity contribution is -0.121. The third-order valence-corrected chi connectivity index (χ3v) is 4.68. The first-order chi connectivity index (χ1) is 12.5. The van der Waals surface area contributed by atoms with Crippen molar-refractivity contribution >= 4 is 29.3 Å². The Morgan fingerprint density at radius 3 is 2.73 bits per heavy atom. The normalized spacial score (nSPS) is 10.6. The highest BCUT2D eigenvalue weighted by Gasteiger charge is 2.15. The van der Waals surface area contributed by atoms with Gasteiger partial charge in [0.15, 0.2) is 5.16 Å². The van der Waals surface area contributed by atoms with Crippen LogP contribution in [0.5, 0.6) is 0 Å². The molecule has 0 radical (unpaired) electrons. The van der Waals surface area contributed by atoms with Gasteiger partial charge >= 0.3 is 0 Å². The van der Waals surface area contributed by atoms with E-state index in [0.717, 1.165) is 17.7 Å². The maximum absolute atomic E-state index is 12.2. The molecule has 0 saturated carbocycles. The summed E-state index contributed by atoms with van der Waals surface area (Å²) in [4.78, 5) is 28.4. The summed E-state index contributed by atoms with van der Waals surface area (Å²) in [6.07, 6.45) is 2.37. The van der Waals surface area contributed by atoms with Crippen LogP contribution in [0.2, 0.25) is 0 Å². The predicted molar refractivity (Wildman–Crippen MR) is 102 cm³/mol. The van der Waals surface area contributed by atoms with Crippen molar-refractivity contribution in [3.8, 4) is 0 Å². The lowest BCUT2D eigenvalue weighted by Crippen LogP contribution is -2.29. The molecule has 0 unspecified atom stereocenters. The zero-order valence-corrected chi connectivity index (χ0v) is 15.8. The minimum absolute atomic E-state index is 0.0671. The SMILES string of the molecule is CCCNC(=O)Cn1c(CO)cnc1SCC(=O)Nc1ccccc1C. The molecule has 0 fully saturated rings. The maximum atomic E-state index is 12.2. The number of aliphatic hydroxyl groups is 1. The summed E-state index contributed by atoms with van der Waals surface area (Å²) in [5, 5.41) is 15.6. The number of carbonyl (C=O) groups is 2. The minimum Gasteiger partial charge on any atom is -0.390 e. The van der Waals surface area contributed by atoms with Crippen molar-refractivity contribution < 1.29 is 14.7 Å². The van der Waals surface area contributed by atoms with Crippen LogP contribution in [0, 0.1) is 6.92 Å². The Balaban J connectivity index is 1.98. The molecule has 2 amide bonds. The number of imidazole rings is 1. The first-order valence-electron chi connectivity index (χ1n) is 8.45. The number of aryl methyl sites for hydroxylation is 1. The molecule has 7 nitrogen and oxygen atoms in total. The summed E-state index contributed by atoms with van der Waals surface area (Å²) in [6.45, 7) is 4.36. The Kier molecular flexibility index (Phi) is 7.68. The van der Waals surface area contributed by atoms with Crippen molar-refractivity contribution in [3.05, 3.63) is 41.7 Å². The molecule has 1 aromatic heterocycles. The van der Waals surface area contributed by atoms with E-state index in [2.05, 4.69) is 15.6 Å². The second-order valence-electron chi connectivity index (χ2n) is 5.78. The van der Waals surface area contributed by atoms with Gasteiger partial charge in [0, 0.05) is 12.2 Å². The summed E-state index contributed by atoms with van der Waals surface area (Å²) in [5.41, 5.74) is 2.30. The summed E-state index contributed by atoms with van der Waals surface area (Å²) in [7, 11) is 0. The number of para-hydroxylation sites is 1. The largest absolute Gasteiger partial charge is 0.390 e. The van der Waals surface area contributed by atoms with Crippen molar-refractivity contribution in [1.82, 2.24) is 14.9 Å². The number of aromatic nitrogens is 2. The molecule has 0 atom stereocenters. The van der Waals surface area contributed by atoms with Crippen molar-refractivity contribution in [1.29, 1.82) is 0 Å². The molecule has 140 valence electrons. The van der Waals surface area contributed by atoms with E-state index in [4.69, 9.17) is 0 Å². The van der Waals surface area contributed by atoms with Crippen molar-refractivity contribution in [2.45, 2.75) is 38.6 Å². The highest BCUT2D eigenvalue weighted by molar-refractivity contribution is 7.99. The molecule has 2 aromatic rings. The van der Waals surface area contributed by atoms with E-state index in [1.165, 1.54) is 18.0 Å². The molecule has 0 bridgehead atoms. The van der Waals surface area contributed by atoms with Gasteiger partial charge in [-0.05, 0) is 25.0 Å². The van der Waals surface area contributed by atoms with Crippen LogP contribution in [0.4, 0.5) is 5.69 Å². The molecule has 0 aliphatic heterocycles. The third kappa shape index (κ3) is 5.60. The Morgan fingerprint density at radius 2 is 2.04 bits per heavy atom. The van der Waals surface area contributed by atoms with E-state index >= 15 is 0 Å². The lowest BCUT2D eigenvalue weighted by Gasteiger charge is -2.11. The van der Waals surface area contributed by atoms with Gasteiger partial charge in [-0.3, -0.25) is 9.59 Å². The average molecular weight is 376 g/mol. The Labute approximate surface area is 157 Å². The monoisotopic (exact) mass is 376 g/mol. The maximum Gasteiger partial charge on any atom is 0.240 e. The van der Waals surface area contributed by atoms with Gasteiger partial charge in [-0.1, -0.05) is 36.9 Å². The van der Waals surface area contributed by atoms with Crippen LogP contribution in [-0.4, -0.2) is 38.8 Å². The lowest BCUT2D eigenvalue weighted by atomic mass is 10.2. The Bertz CT molecular complexity index is 761. The molecule has 8 heteroatoms. The van der Waals surface area contributed by atoms with E-state index < -0.39 is 0 Å². The number of aliphatic hydroxyl groups excluding tert-OH is 1. The van der Waals surface area contributed by atoms with Crippen LogP contribution < -0.4 is 10.6 Å². The van der Waals surface area contributed by atoms with E-state index in [9.17, 15) is 14.7 Å². The van der Waals surface area contributed by atoms with Crippen LogP contribution in [0.25, 0.3) is 0 Å². The van der Waals surface area contributed by atoms with E-state index in [0.29, 0.717) is 17.4 Å². The number of anilines is 1. The van der Waals surface area contributed by atoms with Crippen LogP contribution in [0.15, 0.2) is 35.6 Å². The molecule has 0 aliphatic carbocycles. The van der Waals surface area contributed by atoms with Crippen molar-refractivity contribution in [3.63, 3.8) is 0 Å². The third-order valence-electron chi connectivity index (χ3n) is 3.69. The van der Waals surface area contributed by atoms with Crippen LogP contribution >= 0.6 is 11.8 Å². The number of nitrogens with zero attached hydrogens (tertiary/aromatic N) is 2. The number of hydrogen-bond donors (Lipinski definition) is 3. The fraction of sp³-hybridized carbons (Fsp3) is 0.389. The zero-order chi connectivity index (χ0) is 18.9. The summed E-state index contributed by atoms with van der Waals surface area (Å²) < 4.78 is 1.64. The Morgan fingerprint density at radius 1 is 1.27 bits per heavy atom. The minimum atomic E-state index is -0.218. The molecule has 0 saturated heterocycles. The fourth-order valence-corrected chi connectivity index (χ4v) is 3.09. The first-order valence-corrected chi connectivity index (χ1v) is 9.44. The molecule has 0 aliphatic rings. The number of amides is 2. The Hall–Kier alpha value is -2.32. The zero-order valence-electron chi connectivity index (χ0n) is 15.0. The molecule has 3 N–H and O–H groups in total. The van der Waals surface area contributed by atoms with Gasteiger partial charge in [0.2, 0.25) is 11.8 Å². The second kappa shape index (κ2) is 9.98. The second-order valence-corrected chi connectivity index (χ2v) is 6.72. The van der Waals surface area contributed by atoms with Crippen LogP contribution in [-0.2, 0) is 22.7 Å². The molecule has 1 aromatic carbocycles. The van der Waals surface area contributed by atoms with Crippen LogP contribution in [0.1, 0.15) is 24.6 Å². The fourth-order valence-electron chi connectivity index (χ4n) is 2.30. The summed E-state index contributed by atoms with van der Waals surface area (Å²) in [5.74, 6) is -0.141. The van der Waals surface area contributed by atoms with Gasteiger partial charge in [-0.25, -0.2) is 4.98 Å². The van der Waals surface area contributed by atoms with E-state index in [-0.39, 0.29) is 30.7 Å². The standard InChI is InChI=1S/C18H24N4O3S/c1-3-8-19-16(24)10-22-14(11-23)9-20-18(22)26-12-17(25)21-15-7-5-4-6-13(15)2/h4-7,9,23H,3,8,10-12H2,1-2H3,(H,19,24)(H,21,25). The number of thioether (sulfide) groups is 1. The molecule has 2 rings (SSSR count). The number of hydrogen-bond acceptors (Lipinski definition) is 5. The molecule has 1 heterocycles. The highest BCUT2D eigenvalue weighted by atomic mass is 32.2. The topological polar surface area (TPSA) is 96.2 Å². The molecule has 26 heavy (non-hydrogen) atoms. The number of nitrogens with one attached hydrogen (secondary N) is 2.